The highest BCUT2D eigenvalue weighted by Crippen LogP contribution is 2.41. The van der Waals surface area contributed by atoms with Gasteiger partial charge in [-0.15, -0.1) is 0 Å². The second-order valence-corrected chi connectivity index (χ2v) is 21.2. The van der Waals surface area contributed by atoms with Crippen molar-refractivity contribution in [1.29, 1.82) is 0 Å². The van der Waals surface area contributed by atoms with Gasteiger partial charge < -0.3 is 14.9 Å². The molecule has 2 N–H and O–H groups in total. The molecule has 0 saturated carbocycles. The number of phenols is 2. The molecule has 6 aromatic rings. The van der Waals surface area contributed by atoms with E-state index in [4.69, 9.17) is 9.73 Å². The number of phenolic OH excluding ortho intramolecular Hbond substituents is 2. The van der Waals surface area contributed by atoms with Gasteiger partial charge >= 0.3 is 0 Å². The molecule has 0 aliphatic carbocycles. The van der Waals surface area contributed by atoms with Crippen LogP contribution in [0.15, 0.2) is 123 Å². The molecule has 0 spiro atoms. The van der Waals surface area contributed by atoms with Crippen molar-refractivity contribution in [3.63, 3.8) is 0 Å². The minimum Gasteiger partial charge on any atom is -0.507 e. The van der Waals surface area contributed by atoms with Crippen molar-refractivity contribution in [2.45, 2.75) is 121 Å². The number of aliphatic imine (C=N–C) groups is 2. The van der Waals surface area contributed by atoms with Crippen molar-refractivity contribution in [3.05, 3.63) is 165 Å². The third-order valence-corrected chi connectivity index (χ3v) is 11.7. The van der Waals surface area contributed by atoms with Gasteiger partial charge in [0.1, 0.15) is 17.2 Å². The first-order valence-electron chi connectivity index (χ1n) is 21.4. The maximum Gasteiger partial charge on any atom is 0.204 e. The van der Waals surface area contributed by atoms with E-state index in [-0.39, 0.29) is 38.8 Å². The molecule has 10 heteroatoms. The van der Waals surface area contributed by atoms with E-state index in [2.05, 4.69) is 97.6 Å². The third kappa shape index (κ3) is 12.3. The monoisotopic (exact) mass is 904 g/mol. The van der Waals surface area contributed by atoms with E-state index < -0.39 is 34.6 Å². The third-order valence-electron chi connectivity index (χ3n) is 10.7. The number of aromatic hydroxyl groups is 2. The maximum absolute atomic E-state index is 14.4. The molecule has 0 unspecified atom stereocenters. The molecule has 0 amide bonds. The van der Waals surface area contributed by atoms with Gasteiger partial charge in [0.05, 0.1) is 5.69 Å². The topological polar surface area (TPSA) is 74.4 Å². The Labute approximate surface area is 386 Å². The molecule has 0 heterocycles. The van der Waals surface area contributed by atoms with Crippen LogP contribution in [0.25, 0.3) is 0 Å². The molecular formula is C55H60F4N2O3S. The first-order chi connectivity index (χ1) is 30.2. The molecule has 0 aliphatic heterocycles. The Morgan fingerprint density at radius 2 is 0.923 bits per heavy atom. The lowest BCUT2D eigenvalue weighted by molar-refractivity contribution is 0.363. The number of para-hydroxylation sites is 3. The largest absolute Gasteiger partial charge is 0.507 e. The highest BCUT2D eigenvalue weighted by molar-refractivity contribution is 7.99. The van der Waals surface area contributed by atoms with Crippen LogP contribution in [-0.4, -0.2) is 22.6 Å². The summed E-state index contributed by atoms with van der Waals surface area (Å²) in [6.45, 7) is 26.0. The molecule has 0 aliphatic rings. The van der Waals surface area contributed by atoms with Crippen molar-refractivity contribution < 1.29 is 32.5 Å². The molecule has 342 valence electrons. The van der Waals surface area contributed by atoms with E-state index in [1.807, 2.05) is 69.3 Å². The Bertz CT molecular complexity index is 2690. The molecule has 0 aromatic heterocycles. The Balaban J connectivity index is 0.000000247. The van der Waals surface area contributed by atoms with Gasteiger partial charge in [-0.2, -0.15) is 8.78 Å². The summed E-state index contributed by atoms with van der Waals surface area (Å²) >= 11 is 1.69. The first-order valence-corrected chi connectivity index (χ1v) is 22.3. The van der Waals surface area contributed by atoms with E-state index in [1.165, 1.54) is 34.9 Å². The van der Waals surface area contributed by atoms with Gasteiger partial charge in [-0.1, -0.05) is 149 Å². The number of halogens is 4. The molecule has 0 radical (unpaired) electrons. The highest BCUT2D eigenvalue weighted by Gasteiger charge is 2.28. The number of hydrogen-bond acceptors (Lipinski definition) is 6. The highest BCUT2D eigenvalue weighted by atomic mass is 32.2. The van der Waals surface area contributed by atoms with Gasteiger partial charge in [0, 0.05) is 50.0 Å². The van der Waals surface area contributed by atoms with E-state index in [0.717, 1.165) is 39.8 Å². The van der Waals surface area contributed by atoms with Gasteiger partial charge in [0.15, 0.2) is 17.4 Å². The lowest BCUT2D eigenvalue weighted by Crippen LogP contribution is -2.17. The van der Waals surface area contributed by atoms with Gasteiger partial charge in [-0.05, 0) is 88.2 Å². The van der Waals surface area contributed by atoms with Crippen molar-refractivity contribution in [3.8, 4) is 23.0 Å². The van der Waals surface area contributed by atoms with Crippen LogP contribution >= 0.6 is 11.8 Å². The van der Waals surface area contributed by atoms with Crippen molar-refractivity contribution in [1.82, 2.24) is 0 Å². The zero-order valence-electron chi connectivity index (χ0n) is 39.6. The average Bonchev–Trinajstić information content (AvgIpc) is 3.22. The smallest absolute Gasteiger partial charge is 0.204 e. The standard InChI is InChI=1S/C28H29F4NO2.C27H31NOS/c1-15-21(29)23(31)26(24(32)22(15)30)35-20-11-9-8-10-19(20)33-14-16-12-17(27(2,3)4)13-18(25(16)34)28(5,6)7;1-26(2,3)20-16-19(25(29)22(17-20)27(4,5)6)18-28-23-14-10-11-15-24(23)30-21-12-8-7-9-13-21/h8-14,34H,1-7H3;7-18,29H,1-6H3. The summed E-state index contributed by atoms with van der Waals surface area (Å²) in [4.78, 5) is 11.4. The Hall–Kier alpha value is -5.87. The Morgan fingerprint density at radius 1 is 0.508 bits per heavy atom. The van der Waals surface area contributed by atoms with Crippen molar-refractivity contribution in [2.24, 2.45) is 9.98 Å². The molecular weight excluding hydrogens is 845 g/mol. The van der Waals surface area contributed by atoms with Gasteiger partial charge in [0.2, 0.25) is 17.4 Å². The fraction of sp³-hybridized carbons (Fsp3) is 0.309. The molecule has 5 nitrogen and oxygen atoms in total. The van der Waals surface area contributed by atoms with Crippen LogP contribution < -0.4 is 4.74 Å². The summed E-state index contributed by atoms with van der Waals surface area (Å²) in [5, 5.41) is 22.0. The lowest BCUT2D eigenvalue weighted by atomic mass is 9.79. The fourth-order valence-corrected chi connectivity index (χ4v) is 7.55. The van der Waals surface area contributed by atoms with Gasteiger partial charge in [-0.3, -0.25) is 9.98 Å². The average molecular weight is 905 g/mol. The quantitative estimate of drug-likeness (QED) is 0.0906. The summed E-state index contributed by atoms with van der Waals surface area (Å²) in [6.07, 6.45) is 3.22. The van der Waals surface area contributed by atoms with E-state index >= 15 is 0 Å². The van der Waals surface area contributed by atoms with Crippen LogP contribution in [0.4, 0.5) is 28.9 Å². The molecule has 6 aromatic carbocycles. The fourth-order valence-electron chi connectivity index (χ4n) is 6.63. The van der Waals surface area contributed by atoms with E-state index in [9.17, 15) is 27.8 Å². The van der Waals surface area contributed by atoms with Gasteiger partial charge in [-0.25, -0.2) is 8.78 Å². The Morgan fingerprint density at radius 3 is 1.38 bits per heavy atom. The van der Waals surface area contributed by atoms with E-state index in [1.54, 1.807) is 24.0 Å². The molecule has 0 saturated heterocycles. The number of nitrogens with zero attached hydrogens (tertiary/aromatic N) is 2. The molecule has 65 heavy (non-hydrogen) atoms. The zero-order valence-corrected chi connectivity index (χ0v) is 40.4. The number of rotatable bonds is 8. The van der Waals surface area contributed by atoms with Crippen molar-refractivity contribution in [2.75, 3.05) is 0 Å². The summed E-state index contributed by atoms with van der Waals surface area (Å²) in [7, 11) is 0. The van der Waals surface area contributed by atoms with Crippen LogP contribution in [0, 0.1) is 30.2 Å². The van der Waals surface area contributed by atoms with Crippen LogP contribution in [0.2, 0.25) is 0 Å². The Kier molecular flexibility index (Phi) is 15.2. The summed E-state index contributed by atoms with van der Waals surface area (Å²) in [6, 6.07) is 32.4. The maximum atomic E-state index is 14.4. The second kappa shape index (κ2) is 19.7. The van der Waals surface area contributed by atoms with E-state index in [0.29, 0.717) is 11.3 Å². The predicted octanol–water partition coefficient (Wildman–Crippen LogP) is 16.3. The summed E-state index contributed by atoms with van der Waals surface area (Å²) in [5.41, 5.74) is 4.61. The number of ether oxygens (including phenoxy) is 1. The van der Waals surface area contributed by atoms with Crippen LogP contribution in [0.5, 0.6) is 23.0 Å². The minimum atomic E-state index is -1.63. The molecule has 0 fully saturated rings. The molecule has 0 bridgehead atoms. The number of benzene rings is 6. The normalized spacial score (nSPS) is 12.4. The SMILES string of the molecule is CC(C)(C)c1cc(C=Nc2ccccc2Sc2ccccc2)c(O)c(C(C)(C)C)c1.Cc1c(F)c(F)c(Oc2ccccc2N=Cc2cc(C(C)(C)C)cc(C(C)(C)C)c2O)c(F)c1F. The minimum absolute atomic E-state index is 0.0165. The lowest BCUT2D eigenvalue weighted by Gasteiger charge is -2.27. The van der Waals surface area contributed by atoms with Crippen LogP contribution in [0.1, 0.15) is 122 Å². The van der Waals surface area contributed by atoms with Crippen LogP contribution in [-0.2, 0) is 21.7 Å². The second-order valence-electron chi connectivity index (χ2n) is 20.1. The first kappa shape index (κ1) is 50.1. The summed E-state index contributed by atoms with van der Waals surface area (Å²) in [5.74, 6) is -7.26. The van der Waals surface area contributed by atoms with Crippen molar-refractivity contribution >= 4 is 35.6 Å². The molecule has 0 atom stereocenters. The molecule has 6 rings (SSSR count). The van der Waals surface area contributed by atoms with Gasteiger partial charge in [0.25, 0.3) is 0 Å². The summed E-state index contributed by atoms with van der Waals surface area (Å²) < 4.78 is 62.0. The zero-order chi connectivity index (χ0) is 48.2. The van der Waals surface area contributed by atoms with Crippen LogP contribution in [0.3, 0.4) is 0 Å². The number of hydrogen-bond donors (Lipinski definition) is 2. The predicted molar refractivity (Wildman–Crippen MR) is 260 cm³/mol.